The second kappa shape index (κ2) is 8.45. The molecule has 0 atom stereocenters. The van der Waals surface area contributed by atoms with Crippen LogP contribution in [0.3, 0.4) is 0 Å². The molecule has 4 nitrogen and oxygen atoms in total. The highest BCUT2D eigenvalue weighted by atomic mass is 79.9. The Morgan fingerprint density at radius 1 is 1.13 bits per heavy atom. The van der Waals surface area contributed by atoms with Gasteiger partial charge in [0.05, 0.1) is 30.6 Å². The molecule has 2 aromatic carbocycles. The summed E-state index contributed by atoms with van der Waals surface area (Å²) < 4.78 is 9.89. The molecule has 30 heavy (non-hydrogen) atoms. The fraction of sp³-hybridized carbons (Fsp3) is 0.480. The minimum atomic E-state index is 0.104. The molecule has 5 rings (SSSR count). The first-order valence-electron chi connectivity index (χ1n) is 11.1. The highest BCUT2D eigenvalue weighted by Crippen LogP contribution is 2.37. The lowest BCUT2D eigenvalue weighted by molar-refractivity contribution is 0.0411. The molecule has 0 radical (unpaired) electrons. The van der Waals surface area contributed by atoms with Gasteiger partial charge in [0, 0.05) is 22.0 Å². The molecule has 1 aliphatic heterocycles. The van der Waals surface area contributed by atoms with Gasteiger partial charge in [0.2, 0.25) is 0 Å². The first kappa shape index (κ1) is 20.2. The Balaban J connectivity index is 1.37. The maximum atomic E-state index is 6.48. The first-order chi connectivity index (χ1) is 14.6. The average molecular weight is 468 g/mol. The zero-order chi connectivity index (χ0) is 20.6. The molecule has 0 amide bonds. The van der Waals surface area contributed by atoms with Gasteiger partial charge in [-0.15, -0.1) is 0 Å². The van der Waals surface area contributed by atoms with Gasteiger partial charge in [-0.1, -0.05) is 46.3 Å². The molecule has 2 aliphatic rings. The number of benzene rings is 2. The van der Waals surface area contributed by atoms with Crippen molar-refractivity contribution in [2.24, 2.45) is 5.92 Å². The van der Waals surface area contributed by atoms with Crippen molar-refractivity contribution in [3.8, 4) is 0 Å². The van der Waals surface area contributed by atoms with Crippen LogP contribution in [-0.2, 0) is 23.3 Å². The van der Waals surface area contributed by atoms with E-state index in [1.165, 1.54) is 29.5 Å². The number of rotatable bonds is 7. The summed E-state index contributed by atoms with van der Waals surface area (Å²) in [5.74, 6) is 0.820. The van der Waals surface area contributed by atoms with E-state index in [2.05, 4.69) is 79.9 Å². The summed E-state index contributed by atoms with van der Waals surface area (Å²) in [5.41, 5.74) is 5.04. The molecule has 158 valence electrons. The van der Waals surface area contributed by atoms with Gasteiger partial charge in [0.1, 0.15) is 0 Å². The predicted octanol–water partition coefficient (Wildman–Crippen LogP) is 5.39. The third-order valence-corrected chi connectivity index (χ3v) is 7.33. The smallest absolute Gasteiger partial charge is 0.0958 e. The van der Waals surface area contributed by atoms with Gasteiger partial charge in [-0.2, -0.15) is 0 Å². The molecule has 0 bridgehead atoms. The molecule has 2 fully saturated rings. The third kappa shape index (κ3) is 4.20. The largest absolute Gasteiger partial charge is 0.376 e. The van der Waals surface area contributed by atoms with Crippen molar-refractivity contribution >= 4 is 27.0 Å². The van der Waals surface area contributed by atoms with Crippen molar-refractivity contribution < 1.29 is 4.74 Å². The van der Waals surface area contributed by atoms with Crippen molar-refractivity contribution in [1.29, 1.82) is 0 Å². The molecule has 1 aliphatic carbocycles. The summed E-state index contributed by atoms with van der Waals surface area (Å²) >= 11 is 3.67. The van der Waals surface area contributed by atoms with Crippen LogP contribution in [0.5, 0.6) is 0 Å². The Hall–Kier alpha value is -1.69. The molecular weight excluding hydrogens is 438 g/mol. The number of fused-ring (bicyclic) bond motifs is 1. The van der Waals surface area contributed by atoms with Gasteiger partial charge in [-0.25, -0.2) is 4.98 Å². The standard InChI is InChI=1S/C25H30BrN3O/c1-28-11-9-25(10-12-28,21-5-3-2-4-6-21)17-30-16-20-13-22(26)14-23-24(20)29(18-27-23)15-19-7-8-19/h2-6,13-14,18-19H,7-12,15-17H2,1H3. The summed E-state index contributed by atoms with van der Waals surface area (Å²) in [7, 11) is 2.22. The van der Waals surface area contributed by atoms with Gasteiger partial charge in [0.15, 0.2) is 0 Å². The maximum Gasteiger partial charge on any atom is 0.0958 e. The Bertz CT molecular complexity index is 1000. The van der Waals surface area contributed by atoms with Crippen LogP contribution in [0.15, 0.2) is 53.3 Å². The number of likely N-dealkylation sites (tertiary alicyclic amines) is 1. The van der Waals surface area contributed by atoms with E-state index in [9.17, 15) is 0 Å². The molecule has 2 heterocycles. The third-order valence-electron chi connectivity index (χ3n) is 6.87. The second-order valence-corrected chi connectivity index (χ2v) is 10.1. The van der Waals surface area contributed by atoms with Gasteiger partial charge in [-0.3, -0.25) is 0 Å². The van der Waals surface area contributed by atoms with Gasteiger partial charge >= 0.3 is 0 Å². The van der Waals surface area contributed by atoms with E-state index in [1.807, 2.05) is 6.33 Å². The van der Waals surface area contributed by atoms with Crippen molar-refractivity contribution in [2.75, 3.05) is 26.7 Å². The molecule has 0 unspecified atom stereocenters. The van der Waals surface area contributed by atoms with E-state index >= 15 is 0 Å². The number of aromatic nitrogens is 2. The van der Waals surface area contributed by atoms with Crippen LogP contribution in [0.1, 0.15) is 36.8 Å². The monoisotopic (exact) mass is 467 g/mol. The number of hydrogen-bond donors (Lipinski definition) is 0. The van der Waals surface area contributed by atoms with E-state index < -0.39 is 0 Å². The van der Waals surface area contributed by atoms with E-state index in [-0.39, 0.29) is 5.41 Å². The van der Waals surface area contributed by atoms with Crippen LogP contribution < -0.4 is 0 Å². The zero-order valence-corrected chi connectivity index (χ0v) is 19.3. The second-order valence-electron chi connectivity index (χ2n) is 9.22. The SMILES string of the molecule is CN1CCC(COCc2cc(Br)cc3ncn(CC4CC4)c23)(c2ccccc2)CC1. The number of ether oxygens (including phenoxy) is 1. The summed E-state index contributed by atoms with van der Waals surface area (Å²) in [5, 5.41) is 0. The van der Waals surface area contributed by atoms with E-state index in [0.29, 0.717) is 6.61 Å². The Morgan fingerprint density at radius 3 is 2.63 bits per heavy atom. The van der Waals surface area contributed by atoms with Crippen LogP contribution in [0.2, 0.25) is 0 Å². The van der Waals surface area contributed by atoms with E-state index in [4.69, 9.17) is 4.74 Å². The molecule has 5 heteroatoms. The van der Waals surface area contributed by atoms with Crippen LogP contribution in [-0.4, -0.2) is 41.2 Å². The van der Waals surface area contributed by atoms with Crippen LogP contribution >= 0.6 is 15.9 Å². The van der Waals surface area contributed by atoms with Crippen LogP contribution in [0.25, 0.3) is 11.0 Å². The molecule has 1 saturated carbocycles. The first-order valence-corrected chi connectivity index (χ1v) is 11.9. The van der Waals surface area contributed by atoms with E-state index in [1.54, 1.807) is 0 Å². The maximum absolute atomic E-state index is 6.48. The molecule has 1 saturated heterocycles. The van der Waals surface area contributed by atoms with Crippen LogP contribution in [0, 0.1) is 5.92 Å². The lowest BCUT2D eigenvalue weighted by Gasteiger charge is -2.41. The van der Waals surface area contributed by atoms with Crippen molar-refractivity contribution in [2.45, 2.75) is 44.2 Å². The number of halogens is 1. The number of hydrogen-bond acceptors (Lipinski definition) is 3. The van der Waals surface area contributed by atoms with Gasteiger partial charge in [-0.05, 0) is 69.4 Å². The average Bonchev–Trinajstić information content (AvgIpc) is 3.49. The van der Waals surface area contributed by atoms with Gasteiger partial charge in [0.25, 0.3) is 0 Å². The minimum absolute atomic E-state index is 0.104. The quantitative estimate of drug-likeness (QED) is 0.466. The Morgan fingerprint density at radius 2 is 1.90 bits per heavy atom. The fourth-order valence-electron chi connectivity index (χ4n) is 4.80. The Labute approximate surface area is 187 Å². The van der Waals surface area contributed by atoms with Gasteiger partial charge < -0.3 is 14.2 Å². The summed E-state index contributed by atoms with van der Waals surface area (Å²) in [6.45, 7) is 4.69. The lowest BCUT2D eigenvalue weighted by atomic mass is 9.73. The minimum Gasteiger partial charge on any atom is -0.376 e. The lowest BCUT2D eigenvalue weighted by Crippen LogP contribution is -2.43. The highest BCUT2D eigenvalue weighted by Gasteiger charge is 2.35. The summed E-state index contributed by atoms with van der Waals surface area (Å²) in [4.78, 5) is 7.09. The van der Waals surface area contributed by atoms with Crippen molar-refractivity contribution in [3.05, 3.63) is 64.4 Å². The van der Waals surface area contributed by atoms with Crippen molar-refractivity contribution in [3.63, 3.8) is 0 Å². The predicted molar refractivity (Wildman–Crippen MR) is 125 cm³/mol. The molecule has 1 aromatic heterocycles. The summed E-state index contributed by atoms with van der Waals surface area (Å²) in [6, 6.07) is 15.3. The number of imidazole rings is 1. The van der Waals surface area contributed by atoms with Crippen LogP contribution in [0.4, 0.5) is 0 Å². The molecule has 0 spiro atoms. The number of piperidine rings is 1. The Kier molecular flexibility index (Phi) is 5.69. The topological polar surface area (TPSA) is 30.3 Å². The summed E-state index contributed by atoms with van der Waals surface area (Å²) in [6.07, 6.45) is 6.97. The molecular formula is C25H30BrN3O. The normalized spacial score (nSPS) is 19.4. The van der Waals surface area contributed by atoms with E-state index in [0.717, 1.165) is 55.0 Å². The van der Waals surface area contributed by atoms with Crippen molar-refractivity contribution in [1.82, 2.24) is 14.5 Å². The highest BCUT2D eigenvalue weighted by molar-refractivity contribution is 9.10. The molecule has 3 aromatic rings. The zero-order valence-electron chi connectivity index (χ0n) is 17.7. The number of nitrogens with zero attached hydrogens (tertiary/aromatic N) is 3. The molecule has 0 N–H and O–H groups in total. The fourth-order valence-corrected chi connectivity index (χ4v) is 5.29.